The molecule has 12 heavy (non-hydrogen) atoms. The predicted molar refractivity (Wildman–Crippen MR) is 49.1 cm³/mol. The normalized spacial score (nSPS) is 13.0. The van der Waals surface area contributed by atoms with E-state index in [4.69, 9.17) is 17.3 Å². The van der Waals surface area contributed by atoms with Crippen LogP contribution in [0.5, 0.6) is 0 Å². The highest BCUT2D eigenvalue weighted by Crippen LogP contribution is 2.22. The molecule has 0 heterocycles. The Kier molecular flexibility index (Phi) is 3.06. The molecule has 3 heteroatoms. The Morgan fingerprint density at radius 2 is 2.25 bits per heavy atom. The van der Waals surface area contributed by atoms with Crippen LogP contribution >= 0.6 is 11.6 Å². The Bertz CT molecular complexity index is 275. The van der Waals surface area contributed by atoms with Crippen molar-refractivity contribution in [3.8, 4) is 0 Å². The molecule has 0 aliphatic rings. The Hall–Kier alpha value is -0.600. The molecule has 1 nitrogen and oxygen atoms in total. The first-order valence-electron chi connectivity index (χ1n) is 3.72. The van der Waals surface area contributed by atoms with Gasteiger partial charge in [-0.3, -0.25) is 0 Å². The summed E-state index contributed by atoms with van der Waals surface area (Å²) in [7, 11) is 0. The van der Waals surface area contributed by atoms with E-state index in [1.807, 2.05) is 13.0 Å². The van der Waals surface area contributed by atoms with E-state index in [0.29, 0.717) is 10.6 Å². The molecule has 2 N–H and O–H groups in total. The molecule has 1 atom stereocenters. The average Bonchev–Trinajstić information content (AvgIpc) is 2.03. The number of hydrogen-bond acceptors (Lipinski definition) is 1. The molecule has 0 bridgehead atoms. The second-order valence-corrected chi connectivity index (χ2v) is 3.19. The van der Waals surface area contributed by atoms with Gasteiger partial charge in [-0.05, 0) is 24.1 Å². The molecule has 0 saturated heterocycles. The van der Waals surface area contributed by atoms with Gasteiger partial charge in [-0.15, -0.1) is 0 Å². The van der Waals surface area contributed by atoms with E-state index >= 15 is 0 Å². The van der Waals surface area contributed by atoms with Crippen molar-refractivity contribution >= 4 is 11.6 Å². The molecule has 1 rings (SSSR count). The lowest BCUT2D eigenvalue weighted by molar-refractivity contribution is 0.437. The topological polar surface area (TPSA) is 26.0 Å². The maximum atomic E-state index is 12.2. The number of benzene rings is 1. The van der Waals surface area contributed by atoms with Crippen molar-refractivity contribution in [1.29, 1.82) is 0 Å². The first kappa shape index (κ1) is 9.49. The first-order chi connectivity index (χ1) is 5.65. The van der Waals surface area contributed by atoms with Crippen LogP contribution in [0.1, 0.15) is 17.2 Å². The largest absolute Gasteiger partial charge is 0.322 e. The van der Waals surface area contributed by atoms with Crippen LogP contribution in [0.2, 0.25) is 5.02 Å². The minimum Gasteiger partial charge on any atom is -0.322 e. The molecule has 66 valence electrons. The van der Waals surface area contributed by atoms with E-state index in [1.54, 1.807) is 12.1 Å². The van der Waals surface area contributed by atoms with E-state index in [1.165, 1.54) is 0 Å². The minimum absolute atomic E-state index is 0.542. The summed E-state index contributed by atoms with van der Waals surface area (Å²) in [5, 5.41) is 0.542. The quantitative estimate of drug-likeness (QED) is 0.757. The van der Waals surface area contributed by atoms with Gasteiger partial charge < -0.3 is 5.73 Å². The van der Waals surface area contributed by atoms with Gasteiger partial charge in [0.25, 0.3) is 0 Å². The molecule has 0 spiro atoms. The molecule has 0 aliphatic carbocycles. The van der Waals surface area contributed by atoms with Gasteiger partial charge >= 0.3 is 0 Å². The molecular formula is C9H11ClFN. The zero-order valence-corrected chi connectivity index (χ0v) is 7.61. The third kappa shape index (κ3) is 1.96. The zero-order valence-electron chi connectivity index (χ0n) is 6.85. The summed E-state index contributed by atoms with van der Waals surface area (Å²) >= 11 is 5.86. The Morgan fingerprint density at radius 1 is 1.58 bits per heavy atom. The van der Waals surface area contributed by atoms with Crippen LogP contribution in [0, 0.1) is 6.92 Å². The lowest BCUT2D eigenvalue weighted by Crippen LogP contribution is -2.12. The highest BCUT2D eigenvalue weighted by atomic mass is 35.5. The minimum atomic E-state index is -0.599. The van der Waals surface area contributed by atoms with Gasteiger partial charge in [0.15, 0.2) is 0 Å². The van der Waals surface area contributed by atoms with Crippen LogP contribution in [0.25, 0.3) is 0 Å². The molecule has 1 aromatic carbocycles. The fraction of sp³-hybridized carbons (Fsp3) is 0.333. The van der Waals surface area contributed by atoms with Crippen LogP contribution in [0.3, 0.4) is 0 Å². The molecule has 0 saturated carbocycles. The number of nitrogens with two attached hydrogens (primary N) is 1. The van der Waals surface area contributed by atoms with Gasteiger partial charge in [-0.2, -0.15) is 0 Å². The third-order valence-corrected chi connectivity index (χ3v) is 2.05. The maximum Gasteiger partial charge on any atom is 0.109 e. The summed E-state index contributed by atoms with van der Waals surface area (Å²) < 4.78 is 12.2. The number of aryl methyl sites for hydroxylation is 1. The summed E-state index contributed by atoms with van der Waals surface area (Å²) in [4.78, 5) is 0. The monoisotopic (exact) mass is 187 g/mol. The third-order valence-electron chi connectivity index (χ3n) is 1.72. The molecule has 0 fully saturated rings. The van der Waals surface area contributed by atoms with Crippen molar-refractivity contribution in [3.63, 3.8) is 0 Å². The smallest absolute Gasteiger partial charge is 0.109 e. The molecule has 0 aromatic heterocycles. The van der Waals surface area contributed by atoms with Crippen LogP contribution < -0.4 is 5.73 Å². The van der Waals surface area contributed by atoms with E-state index < -0.39 is 12.7 Å². The molecule has 1 aromatic rings. The standard InChI is InChI=1S/C9H11ClFN/c1-6-2-3-7(8(10)4-6)9(12)5-11/h2-4,9H,5,12H2,1H3/t9-/m0/s1. The first-order valence-corrected chi connectivity index (χ1v) is 4.10. The molecule has 0 amide bonds. The Morgan fingerprint density at radius 3 is 2.75 bits per heavy atom. The van der Waals surface area contributed by atoms with Crippen LogP contribution in [0.4, 0.5) is 4.39 Å². The van der Waals surface area contributed by atoms with E-state index in [9.17, 15) is 4.39 Å². The molecule has 0 aliphatic heterocycles. The van der Waals surface area contributed by atoms with E-state index in [2.05, 4.69) is 0 Å². The molecular weight excluding hydrogens is 177 g/mol. The summed E-state index contributed by atoms with van der Waals surface area (Å²) in [6.45, 7) is 1.35. The zero-order chi connectivity index (χ0) is 9.14. The van der Waals surface area contributed by atoms with E-state index in [0.717, 1.165) is 5.56 Å². The van der Waals surface area contributed by atoms with Crippen LogP contribution in [0.15, 0.2) is 18.2 Å². The highest BCUT2D eigenvalue weighted by molar-refractivity contribution is 6.31. The van der Waals surface area contributed by atoms with Crippen molar-refractivity contribution in [3.05, 3.63) is 34.3 Å². The van der Waals surface area contributed by atoms with Gasteiger partial charge in [0.05, 0.1) is 6.04 Å². The second-order valence-electron chi connectivity index (χ2n) is 2.79. The van der Waals surface area contributed by atoms with Crippen molar-refractivity contribution in [1.82, 2.24) is 0 Å². The van der Waals surface area contributed by atoms with Crippen molar-refractivity contribution in [2.75, 3.05) is 6.67 Å². The SMILES string of the molecule is Cc1ccc([C@@H](N)CF)c(Cl)c1. The van der Waals surface area contributed by atoms with Gasteiger partial charge in [-0.25, -0.2) is 4.39 Å². The highest BCUT2D eigenvalue weighted by Gasteiger charge is 2.08. The lowest BCUT2D eigenvalue weighted by atomic mass is 10.1. The molecule has 0 unspecified atom stereocenters. The number of hydrogen-bond donors (Lipinski definition) is 1. The van der Waals surface area contributed by atoms with Gasteiger partial charge in [0.1, 0.15) is 6.67 Å². The van der Waals surface area contributed by atoms with Gasteiger partial charge in [-0.1, -0.05) is 23.7 Å². The van der Waals surface area contributed by atoms with Crippen LogP contribution in [-0.4, -0.2) is 6.67 Å². The number of halogens is 2. The number of alkyl halides is 1. The summed E-state index contributed by atoms with van der Waals surface area (Å²) in [6, 6.07) is 4.82. The van der Waals surface area contributed by atoms with Crippen molar-refractivity contribution in [2.45, 2.75) is 13.0 Å². The average molecular weight is 188 g/mol. The Balaban J connectivity index is 3.01. The van der Waals surface area contributed by atoms with Crippen LogP contribution in [-0.2, 0) is 0 Å². The van der Waals surface area contributed by atoms with Gasteiger partial charge in [0, 0.05) is 5.02 Å². The van der Waals surface area contributed by atoms with Gasteiger partial charge in [0.2, 0.25) is 0 Å². The summed E-state index contributed by atoms with van der Waals surface area (Å²) in [5.74, 6) is 0. The summed E-state index contributed by atoms with van der Waals surface area (Å²) in [6.07, 6.45) is 0. The Labute approximate surface area is 76.3 Å². The lowest BCUT2D eigenvalue weighted by Gasteiger charge is -2.09. The predicted octanol–water partition coefficient (Wildman–Crippen LogP) is 2.62. The fourth-order valence-corrected chi connectivity index (χ4v) is 1.39. The molecule has 0 radical (unpaired) electrons. The number of rotatable bonds is 2. The second kappa shape index (κ2) is 3.87. The maximum absolute atomic E-state index is 12.2. The summed E-state index contributed by atoms with van der Waals surface area (Å²) in [5.41, 5.74) is 7.21. The van der Waals surface area contributed by atoms with Crippen molar-refractivity contribution in [2.24, 2.45) is 5.73 Å². The fourth-order valence-electron chi connectivity index (χ4n) is 1.02. The van der Waals surface area contributed by atoms with E-state index in [-0.39, 0.29) is 0 Å². The van der Waals surface area contributed by atoms with Crippen molar-refractivity contribution < 1.29 is 4.39 Å².